The molecule has 1 saturated carbocycles. The molecule has 1 fully saturated rings. The molecule has 0 spiro atoms. The van der Waals surface area contributed by atoms with Gasteiger partial charge in [-0.2, -0.15) is 0 Å². The van der Waals surface area contributed by atoms with Crippen molar-refractivity contribution < 1.29 is 19.5 Å². The second kappa shape index (κ2) is 7.26. The van der Waals surface area contributed by atoms with Gasteiger partial charge >= 0.3 is 5.97 Å². The molecule has 0 aromatic carbocycles. The van der Waals surface area contributed by atoms with E-state index < -0.39 is 11.4 Å². The van der Waals surface area contributed by atoms with E-state index in [0.29, 0.717) is 25.4 Å². The summed E-state index contributed by atoms with van der Waals surface area (Å²) in [5, 5.41) is 14.3. The van der Waals surface area contributed by atoms with E-state index in [2.05, 4.69) is 10.6 Å². The monoisotopic (exact) mass is 284 g/mol. The molecule has 114 valence electrons. The van der Waals surface area contributed by atoms with Crippen LogP contribution in [0.15, 0.2) is 0 Å². The Morgan fingerprint density at radius 3 is 2.35 bits per heavy atom. The smallest absolute Gasteiger partial charge is 0.303 e. The highest BCUT2D eigenvalue weighted by Crippen LogP contribution is 2.24. The Hall–Kier alpha value is -1.59. The summed E-state index contributed by atoms with van der Waals surface area (Å²) in [6.45, 7) is 3.95. The summed E-state index contributed by atoms with van der Waals surface area (Å²) in [4.78, 5) is 33.7. The molecule has 20 heavy (non-hydrogen) atoms. The van der Waals surface area contributed by atoms with Gasteiger partial charge in [0.1, 0.15) is 0 Å². The zero-order valence-corrected chi connectivity index (χ0v) is 12.2. The third-order valence-corrected chi connectivity index (χ3v) is 3.11. The molecule has 0 saturated heterocycles. The lowest BCUT2D eigenvalue weighted by Crippen LogP contribution is -2.31. The lowest BCUT2D eigenvalue weighted by atomic mass is 9.85. The number of carboxylic acid groups (broad SMARTS) is 1. The van der Waals surface area contributed by atoms with Gasteiger partial charge in [-0.05, 0) is 24.7 Å². The Bertz CT molecular complexity index is 375. The number of carboxylic acids is 1. The molecule has 6 heteroatoms. The van der Waals surface area contributed by atoms with Crippen molar-refractivity contribution >= 4 is 17.8 Å². The van der Waals surface area contributed by atoms with Gasteiger partial charge in [-0.25, -0.2) is 0 Å². The maximum Gasteiger partial charge on any atom is 0.303 e. The molecule has 0 bridgehead atoms. The SMILES string of the molecule is CC(C)(CC(=O)O)CC(=O)NCCCC(=O)NC1CC1. The van der Waals surface area contributed by atoms with Gasteiger partial charge in [-0.3, -0.25) is 14.4 Å². The van der Waals surface area contributed by atoms with Crippen molar-refractivity contribution in [2.45, 2.75) is 58.4 Å². The van der Waals surface area contributed by atoms with Gasteiger partial charge in [0.25, 0.3) is 0 Å². The van der Waals surface area contributed by atoms with Gasteiger partial charge in [-0.1, -0.05) is 13.8 Å². The van der Waals surface area contributed by atoms with Crippen LogP contribution in [0.25, 0.3) is 0 Å². The number of nitrogens with one attached hydrogen (secondary N) is 2. The first-order valence-electron chi connectivity index (χ1n) is 7.06. The van der Waals surface area contributed by atoms with Crippen LogP contribution in [0.5, 0.6) is 0 Å². The molecule has 0 aromatic rings. The molecular formula is C14H24N2O4. The molecule has 1 aliphatic carbocycles. The topological polar surface area (TPSA) is 95.5 Å². The molecule has 0 unspecified atom stereocenters. The standard InChI is InChI=1S/C14H24N2O4/c1-14(2,9-13(19)20)8-12(18)15-7-3-4-11(17)16-10-5-6-10/h10H,3-9H2,1-2H3,(H,15,18)(H,16,17)(H,19,20). The van der Waals surface area contributed by atoms with Gasteiger partial charge in [0, 0.05) is 25.4 Å². The molecule has 6 nitrogen and oxygen atoms in total. The summed E-state index contributed by atoms with van der Waals surface area (Å²) < 4.78 is 0. The van der Waals surface area contributed by atoms with Gasteiger partial charge in [0.05, 0.1) is 6.42 Å². The van der Waals surface area contributed by atoms with Crippen LogP contribution in [0.3, 0.4) is 0 Å². The number of rotatable bonds is 9. The largest absolute Gasteiger partial charge is 0.481 e. The number of hydrogen-bond acceptors (Lipinski definition) is 3. The zero-order chi connectivity index (χ0) is 15.2. The van der Waals surface area contributed by atoms with Gasteiger partial charge in [0.15, 0.2) is 0 Å². The number of amides is 2. The van der Waals surface area contributed by atoms with Crippen molar-refractivity contribution in [1.29, 1.82) is 0 Å². The van der Waals surface area contributed by atoms with E-state index in [-0.39, 0.29) is 24.7 Å². The Morgan fingerprint density at radius 1 is 1.15 bits per heavy atom. The second-order valence-corrected chi connectivity index (χ2v) is 6.21. The Balaban J connectivity index is 2.09. The maximum atomic E-state index is 11.7. The normalized spacial score (nSPS) is 14.7. The second-order valence-electron chi connectivity index (χ2n) is 6.21. The van der Waals surface area contributed by atoms with Crippen LogP contribution in [0.1, 0.15) is 52.4 Å². The summed E-state index contributed by atoms with van der Waals surface area (Å²) in [5.41, 5.74) is -0.556. The molecular weight excluding hydrogens is 260 g/mol. The van der Waals surface area contributed by atoms with E-state index in [0.717, 1.165) is 12.8 Å². The quantitative estimate of drug-likeness (QED) is 0.551. The summed E-state index contributed by atoms with van der Waals surface area (Å²) in [5.74, 6) is -1.04. The Labute approximate surface area is 119 Å². The fraction of sp³-hybridized carbons (Fsp3) is 0.786. The van der Waals surface area contributed by atoms with E-state index in [9.17, 15) is 14.4 Å². The van der Waals surface area contributed by atoms with E-state index in [4.69, 9.17) is 5.11 Å². The highest BCUT2D eigenvalue weighted by atomic mass is 16.4. The summed E-state index contributed by atoms with van der Waals surface area (Å²) in [6.07, 6.45) is 3.29. The molecule has 3 N–H and O–H groups in total. The zero-order valence-electron chi connectivity index (χ0n) is 12.2. The fourth-order valence-electron chi connectivity index (χ4n) is 1.97. The average Bonchev–Trinajstić information content (AvgIpc) is 3.05. The third kappa shape index (κ3) is 7.76. The lowest BCUT2D eigenvalue weighted by molar-refractivity contribution is -0.139. The van der Waals surface area contributed by atoms with E-state index in [1.807, 2.05) is 0 Å². The molecule has 2 amide bonds. The van der Waals surface area contributed by atoms with Gasteiger partial charge < -0.3 is 15.7 Å². The van der Waals surface area contributed by atoms with Crippen LogP contribution >= 0.6 is 0 Å². The predicted octanol–water partition coefficient (Wildman–Crippen LogP) is 1.05. The fourth-order valence-corrected chi connectivity index (χ4v) is 1.97. The molecule has 0 radical (unpaired) electrons. The first-order chi connectivity index (χ1) is 9.28. The third-order valence-electron chi connectivity index (χ3n) is 3.11. The number of carbonyl (C=O) groups excluding carboxylic acids is 2. The van der Waals surface area contributed by atoms with E-state index in [1.165, 1.54) is 0 Å². The van der Waals surface area contributed by atoms with Crippen LogP contribution < -0.4 is 10.6 Å². The van der Waals surface area contributed by atoms with E-state index in [1.54, 1.807) is 13.8 Å². The molecule has 0 heterocycles. The van der Waals surface area contributed by atoms with Crippen LogP contribution in [-0.2, 0) is 14.4 Å². The highest BCUT2D eigenvalue weighted by molar-refractivity contribution is 5.78. The summed E-state index contributed by atoms with van der Waals surface area (Å²) in [6, 6.07) is 0.369. The van der Waals surface area contributed by atoms with Crippen LogP contribution in [0, 0.1) is 5.41 Å². The molecule has 0 aliphatic heterocycles. The van der Waals surface area contributed by atoms with Crippen molar-refractivity contribution in [3.63, 3.8) is 0 Å². The van der Waals surface area contributed by atoms with Crippen molar-refractivity contribution in [1.82, 2.24) is 10.6 Å². The predicted molar refractivity (Wildman–Crippen MR) is 74.1 cm³/mol. The van der Waals surface area contributed by atoms with Crippen LogP contribution in [0.2, 0.25) is 0 Å². The number of carbonyl (C=O) groups is 3. The van der Waals surface area contributed by atoms with E-state index >= 15 is 0 Å². The Morgan fingerprint density at radius 2 is 1.80 bits per heavy atom. The van der Waals surface area contributed by atoms with Crippen molar-refractivity contribution in [2.24, 2.45) is 5.41 Å². The minimum atomic E-state index is -0.903. The summed E-state index contributed by atoms with van der Waals surface area (Å²) >= 11 is 0. The first kappa shape index (κ1) is 16.5. The molecule has 0 aromatic heterocycles. The number of aliphatic carboxylic acids is 1. The van der Waals surface area contributed by atoms with Gasteiger partial charge in [-0.15, -0.1) is 0 Å². The highest BCUT2D eigenvalue weighted by Gasteiger charge is 2.25. The molecule has 0 atom stereocenters. The van der Waals surface area contributed by atoms with Crippen molar-refractivity contribution in [3.8, 4) is 0 Å². The van der Waals surface area contributed by atoms with Crippen molar-refractivity contribution in [3.05, 3.63) is 0 Å². The minimum Gasteiger partial charge on any atom is -0.481 e. The Kier molecular flexibility index (Phi) is 5.98. The molecule has 1 aliphatic rings. The number of hydrogen-bond donors (Lipinski definition) is 3. The van der Waals surface area contributed by atoms with Gasteiger partial charge in [0.2, 0.25) is 11.8 Å². The molecule has 1 rings (SSSR count). The van der Waals surface area contributed by atoms with Crippen LogP contribution in [-0.4, -0.2) is 35.5 Å². The maximum absolute atomic E-state index is 11.7. The average molecular weight is 284 g/mol. The first-order valence-corrected chi connectivity index (χ1v) is 7.06. The summed E-state index contributed by atoms with van der Waals surface area (Å²) in [7, 11) is 0. The van der Waals surface area contributed by atoms with Crippen LogP contribution in [0.4, 0.5) is 0 Å². The van der Waals surface area contributed by atoms with Crippen molar-refractivity contribution in [2.75, 3.05) is 6.54 Å². The minimum absolute atomic E-state index is 0.0351. The lowest BCUT2D eigenvalue weighted by Gasteiger charge is -2.21.